The minimum absolute atomic E-state index is 0.796. The molecule has 3 rings (SSSR count). The van der Waals surface area contributed by atoms with Crippen LogP contribution >= 0.6 is 11.3 Å². The summed E-state index contributed by atoms with van der Waals surface area (Å²) < 4.78 is 7.13. The zero-order chi connectivity index (χ0) is 11.0. The molecule has 0 bridgehead atoms. The first-order chi connectivity index (χ1) is 7.88. The Morgan fingerprint density at radius 3 is 2.94 bits per heavy atom. The lowest BCUT2D eigenvalue weighted by atomic mass is 10.4. The number of ether oxygens (including phenoxy) is 1. The molecule has 0 atom stereocenters. The van der Waals surface area contributed by atoms with Gasteiger partial charge >= 0.3 is 0 Å². The van der Waals surface area contributed by atoms with Crippen molar-refractivity contribution in [2.75, 3.05) is 7.11 Å². The van der Waals surface area contributed by atoms with Gasteiger partial charge in [0.1, 0.15) is 5.75 Å². The molecule has 5 heteroatoms. The van der Waals surface area contributed by atoms with E-state index < -0.39 is 0 Å². The minimum Gasteiger partial charge on any atom is -0.495 e. The highest BCUT2D eigenvalue weighted by Crippen LogP contribution is 2.24. The van der Waals surface area contributed by atoms with E-state index in [9.17, 15) is 0 Å². The van der Waals surface area contributed by atoms with E-state index in [-0.39, 0.29) is 0 Å². The third kappa shape index (κ3) is 1.37. The van der Waals surface area contributed by atoms with Crippen LogP contribution in [0.2, 0.25) is 0 Å². The van der Waals surface area contributed by atoms with E-state index in [0.29, 0.717) is 0 Å². The summed E-state index contributed by atoms with van der Waals surface area (Å²) in [6.07, 6.45) is 1.89. The topological polar surface area (TPSA) is 39.4 Å². The summed E-state index contributed by atoms with van der Waals surface area (Å²) in [5.41, 5.74) is 0.823. The summed E-state index contributed by atoms with van der Waals surface area (Å²) >= 11 is 1.64. The van der Waals surface area contributed by atoms with Crippen molar-refractivity contribution >= 4 is 17.0 Å². The molecular weight excluding hydrogens is 222 g/mol. The number of hydrogen-bond donors (Lipinski definition) is 0. The molecule has 0 aliphatic carbocycles. The first-order valence-electron chi connectivity index (χ1n) is 4.81. The highest BCUT2D eigenvalue weighted by Gasteiger charge is 2.08. The van der Waals surface area contributed by atoms with Crippen LogP contribution in [0, 0.1) is 0 Å². The van der Waals surface area contributed by atoms with Crippen LogP contribution in [0.5, 0.6) is 5.75 Å². The number of pyridine rings is 1. The number of aromatic nitrogens is 3. The summed E-state index contributed by atoms with van der Waals surface area (Å²) in [5.74, 6) is 1.65. The molecule has 0 aliphatic rings. The molecule has 0 saturated carbocycles. The second-order valence-electron chi connectivity index (χ2n) is 3.30. The van der Waals surface area contributed by atoms with Gasteiger partial charge in [-0.25, -0.2) is 0 Å². The Balaban J connectivity index is 2.25. The van der Waals surface area contributed by atoms with Crippen LogP contribution in [0.1, 0.15) is 0 Å². The first kappa shape index (κ1) is 9.35. The standard InChI is InChI=1S/C11H9N3OS/c1-15-8-4-5-10-12-13-11(14(10)7-8)9-3-2-6-16-9/h2-7H,1H3. The molecule has 0 amide bonds. The quantitative estimate of drug-likeness (QED) is 0.680. The summed E-state index contributed by atoms with van der Waals surface area (Å²) in [5, 5.41) is 10.3. The Hall–Kier alpha value is -1.88. The minimum atomic E-state index is 0.796. The molecule has 0 N–H and O–H groups in total. The number of nitrogens with zero attached hydrogens (tertiary/aromatic N) is 3. The number of rotatable bonds is 2. The Morgan fingerprint density at radius 1 is 1.25 bits per heavy atom. The molecule has 0 fully saturated rings. The molecule has 3 heterocycles. The van der Waals surface area contributed by atoms with Gasteiger partial charge in [-0.05, 0) is 23.6 Å². The van der Waals surface area contributed by atoms with Crippen molar-refractivity contribution in [3.63, 3.8) is 0 Å². The fraction of sp³-hybridized carbons (Fsp3) is 0.0909. The SMILES string of the molecule is COc1ccc2nnc(-c3cccs3)n2c1. The van der Waals surface area contributed by atoms with Gasteiger partial charge < -0.3 is 4.74 Å². The van der Waals surface area contributed by atoms with Gasteiger partial charge in [0.25, 0.3) is 0 Å². The van der Waals surface area contributed by atoms with Gasteiger partial charge in [-0.1, -0.05) is 6.07 Å². The summed E-state index contributed by atoms with van der Waals surface area (Å²) in [7, 11) is 1.65. The van der Waals surface area contributed by atoms with E-state index in [0.717, 1.165) is 22.1 Å². The van der Waals surface area contributed by atoms with Gasteiger partial charge in [0.15, 0.2) is 11.5 Å². The molecule has 0 spiro atoms. The van der Waals surface area contributed by atoms with Crippen molar-refractivity contribution in [2.45, 2.75) is 0 Å². The van der Waals surface area contributed by atoms with Gasteiger partial charge in [-0.2, -0.15) is 0 Å². The summed E-state index contributed by atoms with van der Waals surface area (Å²) in [4.78, 5) is 1.10. The molecule has 3 aromatic heterocycles. The number of fused-ring (bicyclic) bond motifs is 1. The lowest BCUT2D eigenvalue weighted by molar-refractivity contribution is 0.412. The average molecular weight is 231 g/mol. The monoisotopic (exact) mass is 231 g/mol. The largest absolute Gasteiger partial charge is 0.495 e. The fourth-order valence-electron chi connectivity index (χ4n) is 1.57. The predicted molar refractivity (Wildman–Crippen MR) is 62.9 cm³/mol. The van der Waals surface area contributed by atoms with E-state index >= 15 is 0 Å². The summed E-state index contributed by atoms with van der Waals surface area (Å²) in [6, 6.07) is 7.80. The van der Waals surface area contributed by atoms with Gasteiger partial charge in [-0.15, -0.1) is 21.5 Å². The lowest BCUT2D eigenvalue weighted by Crippen LogP contribution is -1.90. The van der Waals surface area contributed by atoms with E-state index in [1.807, 2.05) is 40.2 Å². The van der Waals surface area contributed by atoms with Crippen LogP contribution in [0.15, 0.2) is 35.8 Å². The second kappa shape index (κ2) is 3.61. The van der Waals surface area contributed by atoms with Crippen LogP contribution in [0.25, 0.3) is 16.3 Å². The van der Waals surface area contributed by atoms with Crippen molar-refractivity contribution in [2.24, 2.45) is 0 Å². The Morgan fingerprint density at radius 2 is 2.19 bits per heavy atom. The van der Waals surface area contributed by atoms with Gasteiger partial charge in [-0.3, -0.25) is 4.40 Å². The highest BCUT2D eigenvalue weighted by atomic mass is 32.1. The molecule has 0 aliphatic heterocycles. The second-order valence-corrected chi connectivity index (χ2v) is 4.25. The van der Waals surface area contributed by atoms with Crippen LogP contribution in [-0.2, 0) is 0 Å². The van der Waals surface area contributed by atoms with Crippen molar-refractivity contribution in [3.8, 4) is 16.5 Å². The zero-order valence-corrected chi connectivity index (χ0v) is 9.44. The molecular formula is C11H9N3OS. The van der Waals surface area contributed by atoms with Crippen molar-refractivity contribution in [1.82, 2.24) is 14.6 Å². The number of thiophene rings is 1. The maximum atomic E-state index is 5.19. The maximum absolute atomic E-state index is 5.19. The molecule has 4 nitrogen and oxygen atoms in total. The van der Waals surface area contributed by atoms with E-state index in [1.54, 1.807) is 18.4 Å². The van der Waals surface area contributed by atoms with E-state index in [2.05, 4.69) is 10.2 Å². The average Bonchev–Trinajstić information content (AvgIpc) is 2.96. The van der Waals surface area contributed by atoms with Crippen molar-refractivity contribution in [1.29, 1.82) is 0 Å². The maximum Gasteiger partial charge on any atom is 0.178 e. The number of hydrogen-bond acceptors (Lipinski definition) is 4. The van der Waals surface area contributed by atoms with Crippen molar-refractivity contribution in [3.05, 3.63) is 35.8 Å². The normalized spacial score (nSPS) is 10.8. The molecule has 0 aromatic carbocycles. The Bertz CT molecular complexity index is 615. The zero-order valence-electron chi connectivity index (χ0n) is 8.62. The molecule has 3 aromatic rings. The number of methoxy groups -OCH3 is 1. The Labute approximate surface area is 96.1 Å². The van der Waals surface area contributed by atoms with Crippen LogP contribution in [0.3, 0.4) is 0 Å². The summed E-state index contributed by atoms with van der Waals surface area (Å²) in [6.45, 7) is 0. The third-order valence-corrected chi connectivity index (χ3v) is 3.22. The third-order valence-electron chi connectivity index (χ3n) is 2.35. The fourth-order valence-corrected chi connectivity index (χ4v) is 2.27. The van der Waals surface area contributed by atoms with E-state index in [4.69, 9.17) is 4.74 Å². The van der Waals surface area contributed by atoms with Crippen LogP contribution in [0.4, 0.5) is 0 Å². The smallest absolute Gasteiger partial charge is 0.178 e. The molecule has 0 radical (unpaired) electrons. The molecule has 80 valence electrons. The van der Waals surface area contributed by atoms with Gasteiger partial charge in [0, 0.05) is 0 Å². The lowest BCUT2D eigenvalue weighted by Gasteiger charge is -2.01. The van der Waals surface area contributed by atoms with E-state index in [1.165, 1.54) is 0 Å². The van der Waals surface area contributed by atoms with Crippen LogP contribution < -0.4 is 4.74 Å². The first-order valence-corrected chi connectivity index (χ1v) is 5.69. The highest BCUT2D eigenvalue weighted by molar-refractivity contribution is 7.13. The van der Waals surface area contributed by atoms with Crippen molar-refractivity contribution < 1.29 is 4.74 Å². The van der Waals surface area contributed by atoms with Gasteiger partial charge in [0.05, 0.1) is 18.2 Å². The predicted octanol–water partition coefficient (Wildman–Crippen LogP) is 2.47. The molecule has 0 unspecified atom stereocenters. The van der Waals surface area contributed by atoms with Crippen LogP contribution in [-0.4, -0.2) is 21.7 Å². The van der Waals surface area contributed by atoms with Gasteiger partial charge in [0.2, 0.25) is 0 Å². The Kier molecular flexibility index (Phi) is 2.11. The molecule has 16 heavy (non-hydrogen) atoms. The molecule has 0 saturated heterocycles.